The lowest BCUT2D eigenvalue weighted by atomic mass is 10.1. The molecule has 0 heterocycles. The van der Waals surface area contributed by atoms with Crippen molar-refractivity contribution in [3.05, 3.63) is 0 Å². The Labute approximate surface area is 113 Å². The molecule has 6 nitrogen and oxygen atoms in total. The molecule has 0 saturated heterocycles. The number of carbonyl (C=O) groups excluding carboxylic acids is 1. The van der Waals surface area contributed by atoms with Crippen LogP contribution >= 0.6 is 0 Å². The highest BCUT2D eigenvalue weighted by atomic mass is 16.4. The lowest BCUT2D eigenvalue weighted by Crippen LogP contribution is -2.50. The highest BCUT2D eigenvalue weighted by molar-refractivity contribution is 5.82. The van der Waals surface area contributed by atoms with Crippen molar-refractivity contribution in [3.8, 4) is 0 Å². The molecule has 1 atom stereocenters. The Balaban J connectivity index is 2.52. The number of carbonyl (C=O) groups is 2. The summed E-state index contributed by atoms with van der Waals surface area (Å²) in [5, 5.41) is 20.2. The maximum absolute atomic E-state index is 12.0. The summed E-state index contributed by atoms with van der Waals surface area (Å²) >= 11 is 0. The number of hydrogen-bond donors (Lipinski definition) is 3. The molecule has 1 saturated carbocycles. The van der Waals surface area contributed by atoms with E-state index in [1.807, 2.05) is 0 Å². The molecule has 110 valence electrons. The second-order valence-corrected chi connectivity index (χ2v) is 5.11. The van der Waals surface area contributed by atoms with Crippen molar-refractivity contribution < 1.29 is 19.8 Å². The minimum atomic E-state index is -1.11. The van der Waals surface area contributed by atoms with E-state index < -0.39 is 12.0 Å². The Morgan fingerprint density at radius 3 is 2.32 bits per heavy atom. The van der Waals surface area contributed by atoms with Crippen LogP contribution in [-0.4, -0.2) is 52.9 Å². The van der Waals surface area contributed by atoms with Crippen LogP contribution in [-0.2, 0) is 4.79 Å². The summed E-state index contributed by atoms with van der Waals surface area (Å²) in [4.78, 5) is 24.6. The molecular formula is C13H24N2O4. The van der Waals surface area contributed by atoms with Crippen molar-refractivity contribution in [3.63, 3.8) is 0 Å². The maximum atomic E-state index is 12.0. The quantitative estimate of drug-likeness (QED) is 0.656. The van der Waals surface area contributed by atoms with Gasteiger partial charge in [-0.2, -0.15) is 0 Å². The number of nitrogens with zero attached hydrogens (tertiary/aromatic N) is 1. The second-order valence-electron chi connectivity index (χ2n) is 5.11. The fourth-order valence-electron chi connectivity index (χ4n) is 2.45. The molecule has 1 fully saturated rings. The molecule has 0 aromatic heterocycles. The van der Waals surface area contributed by atoms with Crippen LogP contribution in [0.4, 0.5) is 4.79 Å². The molecule has 0 radical (unpaired) electrons. The van der Waals surface area contributed by atoms with Gasteiger partial charge in [0.2, 0.25) is 0 Å². The summed E-state index contributed by atoms with van der Waals surface area (Å²) in [5.41, 5.74) is 0. The van der Waals surface area contributed by atoms with E-state index >= 15 is 0 Å². The minimum absolute atomic E-state index is 0.0274. The van der Waals surface area contributed by atoms with Crippen LogP contribution in [0.3, 0.4) is 0 Å². The molecule has 0 spiro atoms. The van der Waals surface area contributed by atoms with Gasteiger partial charge in [-0.1, -0.05) is 25.7 Å². The van der Waals surface area contributed by atoms with Gasteiger partial charge in [0.1, 0.15) is 6.04 Å². The molecular weight excluding hydrogens is 248 g/mol. The minimum Gasteiger partial charge on any atom is -0.480 e. The van der Waals surface area contributed by atoms with Gasteiger partial charge in [0.15, 0.2) is 0 Å². The predicted molar refractivity (Wildman–Crippen MR) is 70.9 cm³/mol. The molecule has 0 aliphatic heterocycles. The number of rotatable bonds is 5. The fraction of sp³-hybridized carbons (Fsp3) is 0.846. The Hall–Kier alpha value is -1.30. The first kappa shape index (κ1) is 15.8. The van der Waals surface area contributed by atoms with Gasteiger partial charge in [-0.05, 0) is 12.8 Å². The Kier molecular flexibility index (Phi) is 6.62. The summed E-state index contributed by atoms with van der Waals surface area (Å²) < 4.78 is 0. The highest BCUT2D eigenvalue weighted by Gasteiger charge is 2.25. The molecule has 6 heteroatoms. The van der Waals surface area contributed by atoms with Crippen LogP contribution in [0, 0.1) is 0 Å². The molecule has 1 aliphatic carbocycles. The number of carboxylic acid groups (broad SMARTS) is 1. The van der Waals surface area contributed by atoms with Crippen LogP contribution in [0.25, 0.3) is 0 Å². The number of amides is 2. The van der Waals surface area contributed by atoms with Gasteiger partial charge in [-0.25, -0.2) is 9.59 Å². The first-order chi connectivity index (χ1) is 9.06. The molecule has 0 aromatic rings. The fourth-order valence-corrected chi connectivity index (χ4v) is 2.45. The van der Waals surface area contributed by atoms with Crippen LogP contribution in [0.15, 0.2) is 0 Å². The van der Waals surface area contributed by atoms with Crippen molar-refractivity contribution in [1.29, 1.82) is 0 Å². The van der Waals surface area contributed by atoms with Gasteiger partial charge in [0.05, 0.1) is 0 Å². The predicted octanol–water partition coefficient (Wildman–Crippen LogP) is 1.19. The van der Waals surface area contributed by atoms with Gasteiger partial charge < -0.3 is 20.4 Å². The van der Waals surface area contributed by atoms with Crippen LogP contribution in [0.1, 0.15) is 44.9 Å². The van der Waals surface area contributed by atoms with Gasteiger partial charge in [0.25, 0.3) is 0 Å². The summed E-state index contributed by atoms with van der Waals surface area (Å²) in [6.07, 6.45) is 6.61. The first-order valence-electron chi connectivity index (χ1n) is 6.93. The van der Waals surface area contributed by atoms with Crippen molar-refractivity contribution in [2.45, 2.75) is 57.0 Å². The van der Waals surface area contributed by atoms with E-state index in [4.69, 9.17) is 10.2 Å². The van der Waals surface area contributed by atoms with Crippen molar-refractivity contribution >= 4 is 12.0 Å². The largest absolute Gasteiger partial charge is 0.480 e. The monoisotopic (exact) mass is 272 g/mol. The maximum Gasteiger partial charge on any atom is 0.326 e. The number of aliphatic hydroxyl groups excluding tert-OH is 1. The third-order valence-corrected chi connectivity index (χ3v) is 3.71. The number of nitrogens with one attached hydrogen (secondary N) is 1. The third-order valence-electron chi connectivity index (χ3n) is 3.71. The third kappa shape index (κ3) is 5.06. The van der Waals surface area contributed by atoms with Crippen molar-refractivity contribution in [2.24, 2.45) is 0 Å². The molecule has 1 unspecified atom stereocenters. The second kappa shape index (κ2) is 7.99. The smallest absolute Gasteiger partial charge is 0.326 e. The zero-order chi connectivity index (χ0) is 14.3. The Morgan fingerprint density at radius 2 is 1.84 bits per heavy atom. The van der Waals surface area contributed by atoms with Crippen molar-refractivity contribution in [1.82, 2.24) is 10.2 Å². The lowest BCUT2D eigenvalue weighted by Gasteiger charge is -2.28. The summed E-state index contributed by atoms with van der Waals surface area (Å²) in [7, 11) is 1.71. The number of carboxylic acids is 1. The van der Waals surface area contributed by atoms with E-state index in [1.165, 1.54) is 12.8 Å². The summed E-state index contributed by atoms with van der Waals surface area (Å²) in [5.74, 6) is -1.11. The van der Waals surface area contributed by atoms with Gasteiger partial charge in [-0.3, -0.25) is 0 Å². The number of aliphatic carboxylic acids is 1. The van der Waals surface area contributed by atoms with E-state index in [-0.39, 0.29) is 25.1 Å². The molecule has 1 aliphatic rings. The van der Waals surface area contributed by atoms with Crippen LogP contribution in [0.2, 0.25) is 0 Å². The molecule has 0 bridgehead atoms. The SMILES string of the molecule is CN(C(=O)NC(CCO)C(=O)O)C1CCCCCC1. The Bertz CT molecular complexity index is 301. The van der Waals surface area contributed by atoms with Gasteiger partial charge in [0, 0.05) is 26.1 Å². The zero-order valence-electron chi connectivity index (χ0n) is 11.5. The van der Waals surface area contributed by atoms with Crippen LogP contribution in [0.5, 0.6) is 0 Å². The standard InChI is InChI=1S/C13H24N2O4/c1-15(10-6-4-2-3-5-7-10)13(19)14-11(8-9-16)12(17)18/h10-11,16H,2-9H2,1H3,(H,14,19)(H,17,18). The van der Waals surface area contributed by atoms with Gasteiger partial charge >= 0.3 is 12.0 Å². The van der Waals surface area contributed by atoms with Crippen molar-refractivity contribution in [2.75, 3.05) is 13.7 Å². The molecule has 3 N–H and O–H groups in total. The van der Waals surface area contributed by atoms with E-state index in [1.54, 1.807) is 11.9 Å². The molecule has 1 rings (SSSR count). The highest BCUT2D eigenvalue weighted by Crippen LogP contribution is 2.21. The summed E-state index contributed by atoms with van der Waals surface area (Å²) in [6, 6.07) is -1.20. The Morgan fingerprint density at radius 1 is 1.26 bits per heavy atom. The van der Waals surface area contributed by atoms with E-state index in [0.717, 1.165) is 25.7 Å². The van der Waals surface area contributed by atoms with E-state index in [2.05, 4.69) is 5.32 Å². The van der Waals surface area contributed by atoms with Gasteiger partial charge in [-0.15, -0.1) is 0 Å². The van der Waals surface area contributed by atoms with E-state index in [0.29, 0.717) is 0 Å². The normalized spacial score (nSPS) is 18.4. The molecule has 2 amide bonds. The first-order valence-corrected chi connectivity index (χ1v) is 6.93. The number of hydrogen-bond acceptors (Lipinski definition) is 3. The topological polar surface area (TPSA) is 89.9 Å². The number of urea groups is 1. The molecule has 19 heavy (non-hydrogen) atoms. The number of aliphatic hydroxyl groups is 1. The lowest BCUT2D eigenvalue weighted by molar-refractivity contribution is -0.139. The van der Waals surface area contributed by atoms with E-state index in [9.17, 15) is 9.59 Å². The average molecular weight is 272 g/mol. The average Bonchev–Trinajstić information content (AvgIpc) is 2.65. The zero-order valence-corrected chi connectivity index (χ0v) is 11.5. The summed E-state index contributed by atoms with van der Waals surface area (Å²) in [6.45, 7) is -0.260. The van der Waals surface area contributed by atoms with Crippen LogP contribution < -0.4 is 5.32 Å². The molecule has 0 aromatic carbocycles.